The van der Waals surface area contributed by atoms with Crippen molar-refractivity contribution in [1.82, 2.24) is 4.98 Å². The molecular formula is C6H5NO5V. The second-order valence-corrected chi connectivity index (χ2v) is 1.66. The molecular weight excluding hydrogens is 217 g/mol. The average Bonchev–Trinajstić information content (AvgIpc) is 1.88. The standard InChI is InChI=1S/C6H5NO3.H2O.O.V/c8-4-2-1-3-7-5(4)6(9)10;;;/h1-3,8H,(H,9,10);1H2;;/q;;-2;+4/p-2. The van der Waals surface area contributed by atoms with Gasteiger partial charge in [-0.2, -0.15) is 0 Å². The van der Waals surface area contributed by atoms with Gasteiger partial charge in [0, 0.05) is 6.20 Å². The van der Waals surface area contributed by atoms with Gasteiger partial charge in [0.25, 0.3) is 0 Å². The number of hydrogen-bond donors (Lipinski definition) is 1. The number of hydrogen-bond acceptors (Lipinski definition) is 4. The summed E-state index contributed by atoms with van der Waals surface area (Å²) < 4.78 is 0. The molecule has 0 aromatic carbocycles. The van der Waals surface area contributed by atoms with Crippen LogP contribution < -0.4 is 5.11 Å². The van der Waals surface area contributed by atoms with Crippen molar-refractivity contribution in [2.45, 2.75) is 0 Å². The molecule has 0 bridgehead atoms. The Morgan fingerprint density at radius 1 is 1.54 bits per heavy atom. The Hall–Kier alpha value is -1.08. The molecule has 69 valence electrons. The predicted molar refractivity (Wildman–Crippen MR) is 33.3 cm³/mol. The summed E-state index contributed by atoms with van der Waals surface area (Å²) in [6.45, 7) is 0. The Morgan fingerprint density at radius 2 is 2.08 bits per heavy atom. The van der Waals surface area contributed by atoms with E-state index in [-0.39, 0.29) is 29.5 Å². The zero-order chi connectivity index (χ0) is 7.56. The maximum atomic E-state index is 10.6. The van der Waals surface area contributed by atoms with Gasteiger partial charge in [0.1, 0.15) is 5.69 Å². The number of rotatable bonds is 1. The van der Waals surface area contributed by atoms with E-state index >= 15 is 0 Å². The first-order valence-electron chi connectivity index (χ1n) is 2.57. The van der Waals surface area contributed by atoms with Crippen LogP contribution >= 0.6 is 0 Å². The number of pyridine rings is 1. The van der Waals surface area contributed by atoms with E-state index in [0.29, 0.717) is 0 Å². The van der Waals surface area contributed by atoms with Crippen LogP contribution in [0.1, 0.15) is 10.5 Å². The van der Waals surface area contributed by atoms with Crippen molar-refractivity contribution in [3.05, 3.63) is 24.0 Å². The predicted octanol–water partition coefficient (Wildman–Crippen LogP) is -0.445. The largest absolute Gasteiger partial charge is 4.00 e. The van der Waals surface area contributed by atoms with E-state index in [1.807, 2.05) is 0 Å². The zero-order valence-corrected chi connectivity index (χ0v) is 7.64. The summed E-state index contributed by atoms with van der Waals surface area (Å²) in [5.41, 5.74) is -0.428. The minimum atomic E-state index is -1.29. The first-order valence-corrected chi connectivity index (χ1v) is 2.57. The Morgan fingerprint density at radius 3 is 2.38 bits per heavy atom. The second kappa shape index (κ2) is 7.57. The summed E-state index contributed by atoms with van der Waals surface area (Å²) in [7, 11) is 0. The van der Waals surface area contributed by atoms with Crippen LogP contribution in [-0.4, -0.2) is 21.5 Å². The molecule has 2 N–H and O–H groups in total. The SMILES string of the molecule is O=C(O)c1ncccc1[O-].[O-2].[OH-].[V+4]. The normalized spacial score (nSPS) is 7.08. The molecule has 0 unspecified atom stereocenters. The smallest absolute Gasteiger partial charge is 2.00 e. The van der Waals surface area contributed by atoms with Crippen molar-refractivity contribution in [1.29, 1.82) is 0 Å². The van der Waals surface area contributed by atoms with E-state index < -0.39 is 17.4 Å². The maximum absolute atomic E-state index is 10.6. The van der Waals surface area contributed by atoms with Crippen LogP contribution in [0, 0.1) is 0 Å². The van der Waals surface area contributed by atoms with Crippen LogP contribution in [0.3, 0.4) is 0 Å². The molecule has 0 aliphatic rings. The number of aromatic nitrogens is 1. The molecule has 1 rings (SSSR count). The molecule has 6 nitrogen and oxygen atoms in total. The number of carboxylic acids is 1. The van der Waals surface area contributed by atoms with Gasteiger partial charge in [-0.05, 0) is 6.07 Å². The van der Waals surface area contributed by atoms with Crippen LogP contribution in [0.5, 0.6) is 5.75 Å². The Balaban J connectivity index is -0.000000333. The molecule has 0 fully saturated rings. The number of nitrogens with zero attached hydrogens (tertiary/aromatic N) is 1. The van der Waals surface area contributed by atoms with E-state index in [1.54, 1.807) is 0 Å². The van der Waals surface area contributed by atoms with Crippen molar-refractivity contribution in [2.24, 2.45) is 0 Å². The third-order valence-electron chi connectivity index (χ3n) is 0.973. The van der Waals surface area contributed by atoms with Gasteiger partial charge in [-0.15, -0.1) is 0 Å². The summed E-state index contributed by atoms with van der Waals surface area (Å²) in [4.78, 5) is 13.5. The van der Waals surface area contributed by atoms with Gasteiger partial charge >= 0.3 is 24.5 Å². The topological polar surface area (TPSA) is 132 Å². The number of carboxylic acid groups (broad SMARTS) is 1. The first kappa shape index (κ1) is 17.9. The molecule has 1 radical (unpaired) electrons. The second-order valence-electron chi connectivity index (χ2n) is 1.66. The van der Waals surface area contributed by atoms with Crippen molar-refractivity contribution in [2.75, 3.05) is 0 Å². The van der Waals surface area contributed by atoms with E-state index in [0.717, 1.165) is 6.07 Å². The Kier molecular flexibility index (Phi) is 10.4. The first-order chi connectivity index (χ1) is 4.72. The van der Waals surface area contributed by atoms with Gasteiger partial charge in [0.05, 0.1) is 0 Å². The summed E-state index contributed by atoms with van der Waals surface area (Å²) in [6, 6.07) is 2.56. The van der Waals surface area contributed by atoms with Gasteiger partial charge in [0.15, 0.2) is 0 Å². The minimum absolute atomic E-state index is 0. The molecule has 1 aromatic heterocycles. The molecule has 0 spiro atoms. The number of carbonyl (C=O) groups is 1. The fourth-order valence-corrected chi connectivity index (χ4v) is 0.551. The molecule has 1 heterocycles. The van der Waals surface area contributed by atoms with Crippen molar-refractivity contribution < 1.29 is 44.5 Å². The van der Waals surface area contributed by atoms with E-state index in [4.69, 9.17) is 5.11 Å². The van der Waals surface area contributed by atoms with E-state index in [1.165, 1.54) is 12.3 Å². The summed E-state index contributed by atoms with van der Waals surface area (Å²) >= 11 is 0. The summed E-state index contributed by atoms with van der Waals surface area (Å²) in [5, 5.41) is 18.9. The molecule has 13 heavy (non-hydrogen) atoms. The maximum Gasteiger partial charge on any atom is 4.00 e. The molecule has 0 aliphatic heterocycles. The van der Waals surface area contributed by atoms with E-state index in [9.17, 15) is 9.90 Å². The van der Waals surface area contributed by atoms with Gasteiger partial charge in [-0.3, -0.25) is 0 Å². The minimum Gasteiger partial charge on any atom is -2.00 e. The van der Waals surface area contributed by atoms with E-state index in [2.05, 4.69) is 4.98 Å². The van der Waals surface area contributed by atoms with Gasteiger partial charge in [-0.25, -0.2) is 9.78 Å². The molecule has 0 saturated heterocycles. The Labute approximate surface area is 85.7 Å². The third kappa shape index (κ3) is 4.49. The quantitative estimate of drug-likeness (QED) is 0.687. The molecule has 1 aromatic rings. The van der Waals surface area contributed by atoms with Crippen molar-refractivity contribution >= 4 is 5.97 Å². The van der Waals surface area contributed by atoms with Gasteiger partial charge < -0.3 is 21.2 Å². The van der Waals surface area contributed by atoms with Gasteiger partial charge in [0.2, 0.25) is 0 Å². The van der Waals surface area contributed by atoms with Crippen molar-refractivity contribution in [3.63, 3.8) is 0 Å². The summed E-state index contributed by atoms with van der Waals surface area (Å²) in [5.74, 6) is -1.85. The molecule has 7 heteroatoms. The van der Waals surface area contributed by atoms with Crippen LogP contribution in [0.4, 0.5) is 0 Å². The molecule has 0 aliphatic carbocycles. The average molecular weight is 222 g/mol. The van der Waals surface area contributed by atoms with Crippen LogP contribution in [0.2, 0.25) is 0 Å². The zero-order valence-electron chi connectivity index (χ0n) is 6.25. The Bertz CT molecular complexity index is 267. The number of aromatic carboxylic acids is 1. The third-order valence-corrected chi connectivity index (χ3v) is 0.973. The monoisotopic (exact) mass is 222 g/mol. The summed E-state index contributed by atoms with van der Waals surface area (Å²) in [6.07, 6.45) is 1.27. The molecule has 0 amide bonds. The van der Waals surface area contributed by atoms with Gasteiger partial charge in [-0.1, -0.05) is 11.8 Å². The van der Waals surface area contributed by atoms with Crippen molar-refractivity contribution in [3.8, 4) is 5.75 Å². The molecule has 0 saturated carbocycles. The fraction of sp³-hybridized carbons (Fsp3) is 0. The van der Waals surface area contributed by atoms with Crippen LogP contribution in [0.15, 0.2) is 18.3 Å². The van der Waals surface area contributed by atoms with Crippen LogP contribution in [0.25, 0.3) is 0 Å². The fourth-order valence-electron chi connectivity index (χ4n) is 0.551. The molecule has 0 atom stereocenters. The van der Waals surface area contributed by atoms with Crippen LogP contribution in [-0.2, 0) is 24.0 Å².